The van der Waals surface area contributed by atoms with Crippen molar-refractivity contribution in [2.24, 2.45) is 0 Å². The quantitative estimate of drug-likeness (QED) is 0.861. The number of nitrogens with zero attached hydrogens (tertiary/aromatic N) is 2. The predicted octanol–water partition coefficient (Wildman–Crippen LogP) is 2.25. The van der Waals surface area contributed by atoms with Gasteiger partial charge in [0.05, 0.1) is 12.3 Å². The van der Waals surface area contributed by atoms with Crippen molar-refractivity contribution < 1.29 is 14.3 Å². The molecule has 0 fully saturated rings. The van der Waals surface area contributed by atoms with Crippen LogP contribution in [0.1, 0.15) is 34.9 Å². The fourth-order valence-electron chi connectivity index (χ4n) is 1.55. The molecule has 2 N–H and O–H groups in total. The summed E-state index contributed by atoms with van der Waals surface area (Å²) in [5.41, 5.74) is 0.563. The second kappa shape index (κ2) is 4.87. The molecular weight excluding hydrogens is 234 g/mol. The van der Waals surface area contributed by atoms with Crippen LogP contribution in [0.5, 0.6) is 0 Å². The Hall–Kier alpha value is -2.37. The van der Waals surface area contributed by atoms with E-state index in [0.717, 1.165) is 5.76 Å². The number of hydrogen-bond acceptors (Lipinski definition) is 5. The molecule has 2 rings (SSSR count). The highest BCUT2D eigenvalue weighted by Gasteiger charge is 2.12. The second-order valence-corrected chi connectivity index (χ2v) is 3.90. The zero-order valence-electron chi connectivity index (χ0n) is 10.0. The monoisotopic (exact) mass is 247 g/mol. The first kappa shape index (κ1) is 12.1. The van der Waals surface area contributed by atoms with E-state index in [4.69, 9.17) is 9.52 Å². The molecule has 0 bridgehead atoms. The number of rotatable bonds is 4. The third-order valence-corrected chi connectivity index (χ3v) is 2.39. The Kier molecular flexibility index (Phi) is 3.27. The number of hydrogen-bond donors (Lipinski definition) is 2. The zero-order valence-corrected chi connectivity index (χ0v) is 10.0. The van der Waals surface area contributed by atoms with E-state index in [1.807, 2.05) is 13.0 Å². The molecule has 0 aromatic carbocycles. The molecule has 94 valence electrons. The summed E-state index contributed by atoms with van der Waals surface area (Å²) in [6.45, 7) is 3.60. The predicted molar refractivity (Wildman–Crippen MR) is 64.5 cm³/mol. The number of anilines is 1. The topological polar surface area (TPSA) is 88.2 Å². The molecule has 0 radical (unpaired) electrons. The standard InChI is InChI=1S/C12H13N3O3/c1-7-6-9(11(16)17)15-12(13-7)14-8(2)10-4-3-5-18-10/h3-6,8H,1-2H3,(H,16,17)(H,13,14,15). The van der Waals surface area contributed by atoms with Crippen molar-refractivity contribution in [2.75, 3.05) is 5.32 Å². The van der Waals surface area contributed by atoms with Crippen molar-refractivity contribution in [1.29, 1.82) is 0 Å². The smallest absolute Gasteiger partial charge is 0.354 e. The molecule has 6 heteroatoms. The lowest BCUT2D eigenvalue weighted by atomic mass is 10.2. The van der Waals surface area contributed by atoms with Crippen LogP contribution < -0.4 is 5.32 Å². The fourth-order valence-corrected chi connectivity index (χ4v) is 1.55. The molecule has 2 heterocycles. The second-order valence-electron chi connectivity index (χ2n) is 3.90. The zero-order chi connectivity index (χ0) is 13.1. The van der Waals surface area contributed by atoms with E-state index in [1.54, 1.807) is 19.3 Å². The van der Waals surface area contributed by atoms with Gasteiger partial charge >= 0.3 is 5.97 Å². The first-order valence-electron chi connectivity index (χ1n) is 5.45. The van der Waals surface area contributed by atoms with Gasteiger partial charge in [0.1, 0.15) is 5.76 Å². The molecule has 6 nitrogen and oxygen atoms in total. The summed E-state index contributed by atoms with van der Waals surface area (Å²) in [4.78, 5) is 18.9. The lowest BCUT2D eigenvalue weighted by Gasteiger charge is -2.11. The highest BCUT2D eigenvalue weighted by Crippen LogP contribution is 2.17. The Bertz CT molecular complexity index is 552. The summed E-state index contributed by atoms with van der Waals surface area (Å²) in [5.74, 6) is -0.0671. The summed E-state index contributed by atoms with van der Waals surface area (Å²) in [6.07, 6.45) is 1.58. The minimum absolute atomic E-state index is 0.0309. The lowest BCUT2D eigenvalue weighted by Crippen LogP contribution is -2.12. The third-order valence-electron chi connectivity index (χ3n) is 2.39. The molecule has 1 unspecified atom stereocenters. The molecule has 0 spiro atoms. The number of aromatic carboxylic acids is 1. The van der Waals surface area contributed by atoms with Gasteiger partial charge in [0.2, 0.25) is 5.95 Å². The summed E-state index contributed by atoms with van der Waals surface area (Å²) < 4.78 is 5.24. The molecule has 1 atom stereocenters. The number of carbonyl (C=O) groups is 1. The number of aromatic nitrogens is 2. The lowest BCUT2D eigenvalue weighted by molar-refractivity contribution is 0.0690. The molecule has 2 aromatic rings. The summed E-state index contributed by atoms with van der Waals surface area (Å²) in [5, 5.41) is 11.9. The Labute approximate surface area is 104 Å². The SMILES string of the molecule is Cc1cc(C(=O)O)nc(NC(C)c2ccco2)n1. The summed E-state index contributed by atoms with van der Waals surface area (Å²) >= 11 is 0. The van der Waals surface area contributed by atoms with Crippen LogP contribution in [0.4, 0.5) is 5.95 Å². The number of carboxylic acid groups (broad SMARTS) is 1. The van der Waals surface area contributed by atoms with Crippen molar-refractivity contribution in [3.8, 4) is 0 Å². The van der Waals surface area contributed by atoms with Gasteiger partial charge in [-0.1, -0.05) is 0 Å². The van der Waals surface area contributed by atoms with Gasteiger partial charge in [-0.2, -0.15) is 0 Å². The Balaban J connectivity index is 2.21. The van der Waals surface area contributed by atoms with Crippen LogP contribution in [-0.4, -0.2) is 21.0 Å². The van der Waals surface area contributed by atoms with Gasteiger partial charge in [-0.15, -0.1) is 0 Å². The summed E-state index contributed by atoms with van der Waals surface area (Å²) in [7, 11) is 0. The molecule has 2 aromatic heterocycles. The van der Waals surface area contributed by atoms with Gasteiger partial charge in [0.15, 0.2) is 5.69 Å². The van der Waals surface area contributed by atoms with Crippen LogP contribution in [0.25, 0.3) is 0 Å². The van der Waals surface area contributed by atoms with Gasteiger partial charge in [0.25, 0.3) is 0 Å². The van der Waals surface area contributed by atoms with E-state index in [0.29, 0.717) is 5.69 Å². The maximum absolute atomic E-state index is 10.9. The van der Waals surface area contributed by atoms with Crippen molar-refractivity contribution in [1.82, 2.24) is 9.97 Å². The normalized spacial score (nSPS) is 12.1. The Morgan fingerprint density at radius 2 is 2.28 bits per heavy atom. The van der Waals surface area contributed by atoms with E-state index in [9.17, 15) is 4.79 Å². The van der Waals surface area contributed by atoms with Crippen LogP contribution in [-0.2, 0) is 0 Å². The van der Waals surface area contributed by atoms with Gasteiger partial charge in [-0.25, -0.2) is 14.8 Å². The summed E-state index contributed by atoms with van der Waals surface area (Å²) in [6, 6.07) is 4.90. The number of aryl methyl sites for hydroxylation is 1. The van der Waals surface area contributed by atoms with Gasteiger partial charge < -0.3 is 14.8 Å². The van der Waals surface area contributed by atoms with E-state index in [-0.39, 0.29) is 17.7 Å². The van der Waals surface area contributed by atoms with Gasteiger partial charge in [-0.05, 0) is 32.0 Å². The molecular formula is C12H13N3O3. The minimum atomic E-state index is -1.07. The minimum Gasteiger partial charge on any atom is -0.477 e. The first-order valence-corrected chi connectivity index (χ1v) is 5.45. The van der Waals surface area contributed by atoms with Crippen LogP contribution in [0.2, 0.25) is 0 Å². The van der Waals surface area contributed by atoms with Crippen LogP contribution >= 0.6 is 0 Å². The van der Waals surface area contributed by atoms with Crippen molar-refractivity contribution >= 4 is 11.9 Å². The van der Waals surface area contributed by atoms with E-state index in [1.165, 1.54) is 6.07 Å². The van der Waals surface area contributed by atoms with Crippen LogP contribution in [0.15, 0.2) is 28.9 Å². The van der Waals surface area contributed by atoms with Crippen molar-refractivity contribution in [3.05, 3.63) is 41.6 Å². The average Bonchev–Trinajstić information content (AvgIpc) is 2.81. The molecule has 0 amide bonds. The molecule has 18 heavy (non-hydrogen) atoms. The van der Waals surface area contributed by atoms with E-state index < -0.39 is 5.97 Å². The maximum Gasteiger partial charge on any atom is 0.354 e. The highest BCUT2D eigenvalue weighted by molar-refractivity contribution is 5.85. The molecule has 0 saturated carbocycles. The highest BCUT2D eigenvalue weighted by atomic mass is 16.4. The molecule has 0 saturated heterocycles. The molecule has 0 aliphatic carbocycles. The van der Waals surface area contributed by atoms with Crippen molar-refractivity contribution in [3.63, 3.8) is 0 Å². The van der Waals surface area contributed by atoms with Gasteiger partial charge in [-0.3, -0.25) is 0 Å². The number of carboxylic acids is 1. The molecule has 0 aliphatic rings. The molecule has 0 aliphatic heterocycles. The largest absolute Gasteiger partial charge is 0.477 e. The first-order chi connectivity index (χ1) is 8.56. The average molecular weight is 247 g/mol. The number of nitrogens with one attached hydrogen (secondary N) is 1. The Morgan fingerprint density at radius 3 is 2.89 bits per heavy atom. The van der Waals surface area contributed by atoms with Gasteiger partial charge in [0, 0.05) is 5.69 Å². The maximum atomic E-state index is 10.9. The number of furan rings is 1. The van der Waals surface area contributed by atoms with E-state index >= 15 is 0 Å². The fraction of sp³-hybridized carbons (Fsp3) is 0.250. The van der Waals surface area contributed by atoms with Crippen LogP contribution in [0.3, 0.4) is 0 Å². The Morgan fingerprint density at radius 1 is 1.50 bits per heavy atom. The van der Waals surface area contributed by atoms with Crippen molar-refractivity contribution in [2.45, 2.75) is 19.9 Å². The third kappa shape index (κ3) is 2.65. The van der Waals surface area contributed by atoms with E-state index in [2.05, 4.69) is 15.3 Å². The van der Waals surface area contributed by atoms with Crippen LogP contribution in [0, 0.1) is 6.92 Å².